The SMILES string of the molecule is N#CC1=C(C#N)C(C#N)CCCCC1. The van der Waals surface area contributed by atoms with E-state index in [0.29, 0.717) is 24.0 Å². The van der Waals surface area contributed by atoms with E-state index in [1.165, 1.54) is 0 Å². The highest BCUT2D eigenvalue weighted by atomic mass is 14.3. The third kappa shape index (κ3) is 2.12. The number of allylic oxidation sites excluding steroid dienone is 2. The summed E-state index contributed by atoms with van der Waals surface area (Å²) in [6.07, 6.45) is 4.33. The van der Waals surface area contributed by atoms with E-state index in [4.69, 9.17) is 15.8 Å². The minimum atomic E-state index is -0.366. The fourth-order valence-corrected chi connectivity index (χ4v) is 1.71. The van der Waals surface area contributed by atoms with Crippen molar-refractivity contribution in [2.45, 2.75) is 32.1 Å². The van der Waals surface area contributed by atoms with Crippen molar-refractivity contribution in [2.75, 3.05) is 0 Å². The molecule has 1 aliphatic rings. The lowest BCUT2D eigenvalue weighted by Crippen LogP contribution is -2.06. The molecule has 1 rings (SSSR count). The van der Waals surface area contributed by atoms with E-state index in [0.717, 1.165) is 19.3 Å². The van der Waals surface area contributed by atoms with E-state index in [-0.39, 0.29) is 5.92 Å². The molecule has 0 heterocycles. The van der Waals surface area contributed by atoms with Gasteiger partial charge in [0.1, 0.15) is 0 Å². The fourth-order valence-electron chi connectivity index (χ4n) is 1.71. The summed E-state index contributed by atoms with van der Waals surface area (Å²) >= 11 is 0. The van der Waals surface area contributed by atoms with Crippen molar-refractivity contribution in [2.24, 2.45) is 5.92 Å². The summed E-state index contributed by atoms with van der Waals surface area (Å²) in [4.78, 5) is 0. The number of nitriles is 3. The molecule has 70 valence electrons. The van der Waals surface area contributed by atoms with Crippen molar-refractivity contribution in [1.82, 2.24) is 0 Å². The van der Waals surface area contributed by atoms with E-state index in [1.807, 2.05) is 12.1 Å². The number of hydrogen-bond donors (Lipinski definition) is 0. The van der Waals surface area contributed by atoms with Gasteiger partial charge in [0.15, 0.2) is 0 Å². The lowest BCUT2D eigenvalue weighted by atomic mass is 9.87. The Morgan fingerprint density at radius 1 is 1.00 bits per heavy atom. The highest BCUT2D eigenvalue weighted by molar-refractivity contribution is 5.41. The number of rotatable bonds is 0. The average molecular weight is 185 g/mol. The summed E-state index contributed by atoms with van der Waals surface area (Å²) in [5.74, 6) is -0.366. The molecule has 0 saturated carbocycles. The topological polar surface area (TPSA) is 71.4 Å². The molecule has 3 heteroatoms. The number of hydrogen-bond acceptors (Lipinski definition) is 3. The second kappa shape index (κ2) is 5.05. The molecule has 0 bridgehead atoms. The summed E-state index contributed by atoms with van der Waals surface area (Å²) in [6, 6.07) is 6.16. The molecule has 0 N–H and O–H groups in total. The van der Waals surface area contributed by atoms with Crippen LogP contribution < -0.4 is 0 Å². The normalized spacial score (nSPS) is 22.5. The first kappa shape index (κ1) is 10.3. The Labute approximate surface area is 83.9 Å². The van der Waals surface area contributed by atoms with Crippen molar-refractivity contribution < 1.29 is 0 Å². The molecule has 0 saturated heterocycles. The Morgan fingerprint density at radius 2 is 1.79 bits per heavy atom. The van der Waals surface area contributed by atoms with Crippen LogP contribution in [0.3, 0.4) is 0 Å². The van der Waals surface area contributed by atoms with Gasteiger partial charge in [-0.25, -0.2) is 0 Å². The Hall–Kier alpha value is -1.79. The second-order valence-corrected chi connectivity index (χ2v) is 3.40. The van der Waals surface area contributed by atoms with Crippen LogP contribution in [0.1, 0.15) is 32.1 Å². The van der Waals surface area contributed by atoms with Crippen molar-refractivity contribution in [3.05, 3.63) is 11.1 Å². The van der Waals surface area contributed by atoms with Gasteiger partial charge in [-0.1, -0.05) is 12.8 Å². The van der Waals surface area contributed by atoms with Crippen LogP contribution in [0.2, 0.25) is 0 Å². The highest BCUT2D eigenvalue weighted by Crippen LogP contribution is 2.26. The molecule has 0 aliphatic heterocycles. The van der Waals surface area contributed by atoms with Crippen molar-refractivity contribution in [3.63, 3.8) is 0 Å². The Morgan fingerprint density at radius 3 is 2.36 bits per heavy atom. The van der Waals surface area contributed by atoms with Gasteiger partial charge >= 0.3 is 0 Å². The van der Waals surface area contributed by atoms with Crippen molar-refractivity contribution >= 4 is 0 Å². The van der Waals surface area contributed by atoms with E-state index >= 15 is 0 Å². The molecule has 1 unspecified atom stereocenters. The molecule has 3 nitrogen and oxygen atoms in total. The smallest absolute Gasteiger partial charge is 0.0971 e. The molecule has 0 radical (unpaired) electrons. The molecule has 0 fully saturated rings. The molecule has 0 spiro atoms. The predicted molar refractivity (Wildman–Crippen MR) is 50.4 cm³/mol. The quantitative estimate of drug-likeness (QED) is 0.581. The Bertz CT molecular complexity index is 359. The van der Waals surface area contributed by atoms with Gasteiger partial charge in [0.2, 0.25) is 0 Å². The monoisotopic (exact) mass is 185 g/mol. The van der Waals surface area contributed by atoms with Crippen LogP contribution in [-0.2, 0) is 0 Å². The maximum absolute atomic E-state index is 8.90. The zero-order chi connectivity index (χ0) is 10.4. The van der Waals surface area contributed by atoms with Crippen LogP contribution in [0.15, 0.2) is 11.1 Å². The minimum Gasteiger partial charge on any atom is -0.198 e. The highest BCUT2D eigenvalue weighted by Gasteiger charge is 2.19. The second-order valence-electron chi connectivity index (χ2n) is 3.40. The standard InChI is InChI=1S/C11H11N3/c12-6-9-4-2-1-3-5-10(7-13)11(9)8-14/h9H,1-5H2. The van der Waals surface area contributed by atoms with E-state index in [1.54, 1.807) is 0 Å². The molecule has 0 aromatic carbocycles. The Kier molecular flexibility index (Phi) is 3.71. The third-order valence-corrected chi connectivity index (χ3v) is 2.50. The molecule has 0 amide bonds. The summed E-state index contributed by atoms with van der Waals surface area (Å²) in [5, 5.41) is 26.6. The van der Waals surface area contributed by atoms with Gasteiger partial charge in [-0.15, -0.1) is 0 Å². The zero-order valence-corrected chi connectivity index (χ0v) is 7.95. The van der Waals surface area contributed by atoms with Gasteiger partial charge in [0.25, 0.3) is 0 Å². The summed E-state index contributed by atoms with van der Waals surface area (Å²) in [5.41, 5.74) is 0.911. The van der Waals surface area contributed by atoms with Crippen LogP contribution >= 0.6 is 0 Å². The minimum absolute atomic E-state index is 0.366. The summed E-state index contributed by atoms with van der Waals surface area (Å²) in [7, 11) is 0. The first-order chi connectivity index (χ1) is 6.83. The van der Waals surface area contributed by atoms with E-state index in [2.05, 4.69) is 6.07 Å². The molecule has 1 atom stereocenters. The van der Waals surface area contributed by atoms with Gasteiger partial charge in [0, 0.05) is 5.57 Å². The van der Waals surface area contributed by atoms with Crippen LogP contribution in [0.5, 0.6) is 0 Å². The molecule has 0 aromatic heterocycles. The van der Waals surface area contributed by atoms with E-state index in [9.17, 15) is 0 Å². The van der Waals surface area contributed by atoms with Crippen LogP contribution in [-0.4, -0.2) is 0 Å². The first-order valence-electron chi connectivity index (χ1n) is 4.76. The number of nitrogens with zero attached hydrogens (tertiary/aromatic N) is 3. The van der Waals surface area contributed by atoms with Crippen molar-refractivity contribution in [1.29, 1.82) is 15.8 Å². The maximum atomic E-state index is 8.90. The van der Waals surface area contributed by atoms with Crippen LogP contribution in [0.4, 0.5) is 0 Å². The van der Waals surface area contributed by atoms with Gasteiger partial charge in [0.05, 0.1) is 29.7 Å². The molecule has 14 heavy (non-hydrogen) atoms. The first-order valence-corrected chi connectivity index (χ1v) is 4.76. The van der Waals surface area contributed by atoms with Crippen molar-refractivity contribution in [3.8, 4) is 18.2 Å². The average Bonchev–Trinajstić information content (AvgIpc) is 2.18. The molecular formula is C11H11N3. The zero-order valence-electron chi connectivity index (χ0n) is 7.95. The fraction of sp³-hybridized carbons (Fsp3) is 0.545. The summed E-state index contributed by atoms with van der Waals surface area (Å²) in [6.45, 7) is 0. The van der Waals surface area contributed by atoms with Gasteiger partial charge < -0.3 is 0 Å². The lowest BCUT2D eigenvalue weighted by molar-refractivity contribution is 0.570. The van der Waals surface area contributed by atoms with Crippen LogP contribution in [0.25, 0.3) is 0 Å². The molecule has 1 aliphatic carbocycles. The lowest BCUT2D eigenvalue weighted by Gasteiger charge is -2.13. The van der Waals surface area contributed by atoms with Crippen LogP contribution in [0, 0.1) is 39.9 Å². The van der Waals surface area contributed by atoms with Gasteiger partial charge in [-0.3, -0.25) is 0 Å². The third-order valence-electron chi connectivity index (χ3n) is 2.50. The Balaban J connectivity index is 3.07. The summed E-state index contributed by atoms with van der Waals surface area (Å²) < 4.78 is 0. The largest absolute Gasteiger partial charge is 0.198 e. The van der Waals surface area contributed by atoms with Gasteiger partial charge in [-0.2, -0.15) is 15.8 Å². The van der Waals surface area contributed by atoms with Gasteiger partial charge in [-0.05, 0) is 19.3 Å². The van der Waals surface area contributed by atoms with E-state index < -0.39 is 0 Å². The molecule has 0 aromatic rings. The molecular weight excluding hydrogens is 174 g/mol. The predicted octanol–water partition coefficient (Wildman–Crippen LogP) is 2.43. The maximum Gasteiger partial charge on any atom is 0.0971 e.